The molecular weight excluding hydrogens is 1770 g/mol. The molecule has 0 aromatic heterocycles. The number of piperidine rings is 4. The van der Waals surface area contributed by atoms with Gasteiger partial charge in [-0.1, -0.05) is 323 Å². The number of benzene rings is 14. The normalized spacial score (nSPS) is 19.8. The Bertz CT molecular complexity index is 6120. The molecule has 22 rings (SSSR count). The molecule has 0 saturated carbocycles. The quantitative estimate of drug-likeness (QED) is 0.0949. The van der Waals surface area contributed by atoms with Crippen LogP contribution in [-0.2, 0) is 67.0 Å². The molecule has 0 amide bonds. The van der Waals surface area contributed by atoms with Crippen LogP contribution in [-0.4, -0.2) is 98.1 Å². The van der Waals surface area contributed by atoms with Crippen molar-refractivity contribution in [1.29, 1.82) is 0 Å². The maximum absolute atomic E-state index is 6.88. The predicted octanol–water partition coefficient (Wildman–Crippen LogP) is 29.5. The second-order valence-corrected chi connectivity index (χ2v) is 40.2. The van der Waals surface area contributed by atoms with Crippen LogP contribution in [0.4, 0.5) is 0 Å². The van der Waals surface area contributed by atoms with E-state index in [2.05, 4.69) is 264 Å². The monoisotopic (exact) mass is 1880 g/mol. The molecule has 4 unspecified atom stereocenters. The Morgan fingerprint density at radius 3 is 0.846 bits per heavy atom. The smallest absolute Gasteiger partial charge is 0.109 e. The molecule has 16 heteroatoms. The highest BCUT2D eigenvalue weighted by Crippen LogP contribution is 2.57. The molecule has 14 aromatic carbocycles. The fraction of sp³-hybridized carbons (Fsp3) is 0.298. The number of hydrogen-bond donors (Lipinski definition) is 0. The van der Waals surface area contributed by atoms with Gasteiger partial charge in [0.15, 0.2) is 0 Å². The third-order valence-electron chi connectivity index (χ3n) is 28.7. The highest BCUT2D eigenvalue weighted by atomic mass is 35.5. The lowest BCUT2D eigenvalue weighted by Crippen LogP contribution is -2.43. The second kappa shape index (κ2) is 40.0. The highest BCUT2D eigenvalue weighted by Gasteiger charge is 2.52. The number of nitrogens with zero attached hydrogens (tertiary/aromatic N) is 4. The van der Waals surface area contributed by atoms with Crippen LogP contribution in [0.2, 0.25) is 40.2 Å². The third-order valence-corrected chi connectivity index (χ3v) is 30.5. The van der Waals surface area contributed by atoms with E-state index in [0.717, 1.165) is 178 Å². The summed E-state index contributed by atoms with van der Waals surface area (Å²) in [5, 5.41) is 10.5. The molecule has 0 N–H and O–H groups in total. The van der Waals surface area contributed by atoms with Crippen LogP contribution in [0.5, 0.6) is 0 Å². The first-order chi connectivity index (χ1) is 63.3. The summed E-state index contributed by atoms with van der Waals surface area (Å²) < 4.78 is 27.4. The van der Waals surface area contributed by atoms with Crippen molar-refractivity contribution >= 4 is 114 Å². The molecule has 664 valence electrons. The van der Waals surface area contributed by atoms with Crippen LogP contribution in [0.15, 0.2) is 303 Å². The van der Waals surface area contributed by atoms with E-state index in [4.69, 9.17) is 112 Å². The Balaban J connectivity index is 0.000000112. The molecule has 4 spiro atoms. The van der Waals surface area contributed by atoms with Gasteiger partial charge >= 0.3 is 0 Å². The average molecular weight is 1880 g/mol. The van der Waals surface area contributed by atoms with Crippen molar-refractivity contribution in [2.24, 2.45) is 0 Å². The molecule has 8 aliphatic rings. The summed E-state index contributed by atoms with van der Waals surface area (Å²) in [6.45, 7) is 17.0. The zero-order valence-corrected chi connectivity index (χ0v) is 79.6. The van der Waals surface area contributed by atoms with E-state index < -0.39 is 0 Å². The van der Waals surface area contributed by atoms with Gasteiger partial charge in [-0.2, -0.15) is 0 Å². The molecule has 8 aliphatic heterocycles. The van der Waals surface area contributed by atoms with Gasteiger partial charge in [0.2, 0.25) is 0 Å². The van der Waals surface area contributed by atoms with Gasteiger partial charge in [0, 0.05) is 119 Å². The fourth-order valence-corrected chi connectivity index (χ4v) is 23.9. The van der Waals surface area contributed by atoms with Gasteiger partial charge in [-0.25, -0.2) is 0 Å². The van der Waals surface area contributed by atoms with Gasteiger partial charge in [-0.15, -0.1) is 0 Å². The van der Waals surface area contributed by atoms with Crippen molar-refractivity contribution in [2.45, 2.75) is 138 Å². The highest BCUT2D eigenvalue weighted by molar-refractivity contribution is 6.36. The number of hydrogen-bond acceptors (Lipinski definition) is 8. The van der Waals surface area contributed by atoms with E-state index in [1.54, 1.807) is 24.3 Å². The van der Waals surface area contributed by atoms with Crippen molar-refractivity contribution in [3.05, 3.63) is 444 Å². The minimum atomic E-state index is -0.244. The SMILES string of the molecule is Cc1ccccc1CCN1CCC2(CC1)OC(c1cc(Cl)cc(Cl)c1)c1ccccc12.Cc1ccccc1CCN1CCC2(CC1)OC(c1cc(Cl)cc(Cl)c1)c1ccccc12.Clc1cc(Cl)cc(C2OC3(CCN(CCc4ccc5ccccc5c4)CC3)c3ccccc32)c1.Clc1cc(Cl)cc(C2OC3(CCN(CCc4cccc5ccccc45)CC3)c3ccccc32)c1. The molecule has 130 heavy (non-hydrogen) atoms. The van der Waals surface area contributed by atoms with Crippen molar-refractivity contribution in [3.63, 3.8) is 0 Å². The molecule has 0 aliphatic carbocycles. The van der Waals surface area contributed by atoms with Crippen LogP contribution in [0.1, 0.15) is 176 Å². The number of rotatable bonds is 16. The van der Waals surface area contributed by atoms with E-state index in [-0.39, 0.29) is 46.8 Å². The second-order valence-electron chi connectivity index (χ2n) is 36.7. The van der Waals surface area contributed by atoms with Gasteiger partial charge in [0.25, 0.3) is 0 Å². The van der Waals surface area contributed by atoms with Crippen molar-refractivity contribution in [2.75, 3.05) is 78.5 Å². The first kappa shape index (κ1) is 90.8. The predicted molar refractivity (Wildman–Crippen MR) is 538 cm³/mol. The molecule has 4 atom stereocenters. The topological polar surface area (TPSA) is 49.9 Å². The van der Waals surface area contributed by atoms with E-state index >= 15 is 0 Å². The average Bonchev–Trinajstić information content (AvgIpc) is 1.60. The van der Waals surface area contributed by atoms with Crippen molar-refractivity contribution < 1.29 is 18.9 Å². The Morgan fingerprint density at radius 1 is 0.246 bits per heavy atom. The van der Waals surface area contributed by atoms with Crippen LogP contribution >= 0.6 is 92.8 Å². The third kappa shape index (κ3) is 19.9. The number of halogens is 8. The zero-order chi connectivity index (χ0) is 89.1. The molecule has 0 bridgehead atoms. The maximum atomic E-state index is 6.88. The molecule has 0 radical (unpaired) electrons. The van der Waals surface area contributed by atoms with Crippen LogP contribution in [0.25, 0.3) is 21.5 Å². The van der Waals surface area contributed by atoms with Crippen LogP contribution < -0.4 is 0 Å². The van der Waals surface area contributed by atoms with E-state index in [0.29, 0.717) is 40.2 Å². The zero-order valence-electron chi connectivity index (χ0n) is 73.6. The molecule has 4 saturated heterocycles. The van der Waals surface area contributed by atoms with Crippen LogP contribution in [0.3, 0.4) is 0 Å². The molecule has 4 fully saturated rings. The van der Waals surface area contributed by atoms with Crippen molar-refractivity contribution in [1.82, 2.24) is 19.6 Å². The molecular formula is C114H108Cl8N4O4. The van der Waals surface area contributed by atoms with Crippen LogP contribution in [0, 0.1) is 13.8 Å². The Morgan fingerprint density at radius 2 is 0.508 bits per heavy atom. The summed E-state index contributed by atoms with van der Waals surface area (Å²) in [7, 11) is 0. The van der Waals surface area contributed by atoms with E-state index in [1.807, 2.05) is 48.5 Å². The molecule has 8 heterocycles. The number of fused-ring (bicyclic) bond motifs is 10. The Labute approximate surface area is 806 Å². The summed E-state index contributed by atoms with van der Waals surface area (Å²) >= 11 is 50.5. The summed E-state index contributed by atoms with van der Waals surface area (Å²) in [6.07, 6.45) is 11.8. The lowest BCUT2D eigenvalue weighted by molar-refractivity contribution is -0.0968. The van der Waals surface area contributed by atoms with Gasteiger partial charge in [-0.3, -0.25) is 0 Å². The van der Waals surface area contributed by atoms with Crippen molar-refractivity contribution in [3.8, 4) is 0 Å². The number of likely N-dealkylation sites (tertiary alicyclic amines) is 4. The van der Waals surface area contributed by atoms with Gasteiger partial charge in [0.05, 0.1) is 22.4 Å². The Kier molecular flexibility index (Phi) is 27.9. The summed E-state index contributed by atoms with van der Waals surface area (Å²) in [5.74, 6) is 0. The van der Waals surface area contributed by atoms with Gasteiger partial charge in [0.1, 0.15) is 24.4 Å². The number of aryl methyl sites for hydroxylation is 2. The number of ether oxygens (including phenoxy) is 4. The standard InChI is InChI=1S/2C30H27Cl2NO.2C27H27Cl2NO/c31-24-18-23(19-25(32)20-24)29-27-10-3-4-11-28(27)30(34-29)13-16-33(17-14-30)15-12-22-8-5-7-21-6-1-2-9-26(21)22;31-25-18-24(19-26(32)20-25)29-27-7-3-4-8-28(27)30(34-29)12-15-33(16-13-30)14-11-21-9-10-22-5-1-2-6-23(22)17-21;2*1-19-6-2-3-7-20(19)10-13-30-14-11-27(12-15-30)25-9-5-4-8-24(25)26(31-27)21-16-22(28)18-23(29)17-21/h1-11,18-20,29H,12-17H2;1-10,17-20,29H,11-16H2;2*2-9,16-18,26H,10-15H2,1H3. The minimum absolute atomic E-state index is 0.120. The van der Waals surface area contributed by atoms with E-state index in [1.165, 1.54) is 99.4 Å². The van der Waals surface area contributed by atoms with Gasteiger partial charge < -0.3 is 38.5 Å². The fourth-order valence-electron chi connectivity index (χ4n) is 21.8. The summed E-state index contributed by atoms with van der Waals surface area (Å²) in [4.78, 5) is 10.3. The largest absolute Gasteiger partial charge is 0.358 e. The van der Waals surface area contributed by atoms with E-state index in [9.17, 15) is 0 Å². The first-order valence-corrected chi connectivity index (χ1v) is 49.2. The minimum Gasteiger partial charge on any atom is -0.358 e. The molecule has 14 aromatic rings. The summed E-state index contributed by atoms with van der Waals surface area (Å²) in [6, 6.07) is 106. The lowest BCUT2D eigenvalue weighted by Gasteiger charge is -2.40. The van der Waals surface area contributed by atoms with Gasteiger partial charge in [-0.05, 0) is 285 Å². The first-order valence-electron chi connectivity index (χ1n) is 46.1. The molecule has 8 nitrogen and oxygen atoms in total. The Hall–Kier alpha value is -8.40. The maximum Gasteiger partial charge on any atom is 0.109 e. The summed E-state index contributed by atoms with van der Waals surface area (Å²) in [5.41, 5.74) is 21.9. The lowest BCUT2D eigenvalue weighted by atomic mass is 9.83.